The molecular formula is C12H13F3N2O. The minimum Gasteiger partial charge on any atom is -0.369 e. The Balaban J connectivity index is 2.80. The van der Waals surface area contributed by atoms with Crippen molar-refractivity contribution in [3.63, 3.8) is 0 Å². The van der Waals surface area contributed by atoms with Gasteiger partial charge in [-0.2, -0.15) is 18.4 Å². The smallest absolute Gasteiger partial charge is 0.369 e. The summed E-state index contributed by atoms with van der Waals surface area (Å²) >= 11 is 0. The number of benzene rings is 1. The van der Waals surface area contributed by atoms with Gasteiger partial charge in [0.25, 0.3) is 0 Å². The Hall–Kier alpha value is -1.58. The normalized spacial score (nSPS) is 14.8. The van der Waals surface area contributed by atoms with Gasteiger partial charge < -0.3 is 4.74 Å². The lowest BCUT2D eigenvalue weighted by molar-refractivity contribution is -0.177. The predicted molar refractivity (Wildman–Crippen MR) is 59.7 cm³/mol. The SMILES string of the molecule is CNC(C#N)(COCC(F)(F)F)c1ccccc1. The van der Waals surface area contributed by atoms with Crippen LogP contribution in [0.15, 0.2) is 30.3 Å². The summed E-state index contributed by atoms with van der Waals surface area (Å²) in [6, 6.07) is 10.5. The van der Waals surface area contributed by atoms with Gasteiger partial charge in [0, 0.05) is 0 Å². The topological polar surface area (TPSA) is 45.0 Å². The van der Waals surface area contributed by atoms with Crippen LogP contribution < -0.4 is 5.32 Å². The third-order valence-corrected chi connectivity index (χ3v) is 2.47. The number of hydrogen-bond donors (Lipinski definition) is 1. The lowest BCUT2D eigenvalue weighted by Gasteiger charge is -2.26. The van der Waals surface area contributed by atoms with Gasteiger partial charge in [0.2, 0.25) is 0 Å². The Morgan fingerprint density at radius 1 is 1.22 bits per heavy atom. The fraction of sp³-hybridized carbons (Fsp3) is 0.417. The average Bonchev–Trinajstić information content (AvgIpc) is 2.35. The summed E-state index contributed by atoms with van der Waals surface area (Å²) in [5.74, 6) is 0. The highest BCUT2D eigenvalue weighted by atomic mass is 19.4. The minimum absolute atomic E-state index is 0.372. The van der Waals surface area contributed by atoms with Crippen molar-refractivity contribution in [1.29, 1.82) is 5.26 Å². The molecule has 18 heavy (non-hydrogen) atoms. The fourth-order valence-corrected chi connectivity index (χ4v) is 1.50. The second kappa shape index (κ2) is 5.85. The van der Waals surface area contributed by atoms with E-state index in [1.54, 1.807) is 30.3 Å². The van der Waals surface area contributed by atoms with Crippen molar-refractivity contribution in [1.82, 2.24) is 5.32 Å². The van der Waals surface area contributed by atoms with Gasteiger partial charge >= 0.3 is 6.18 Å². The van der Waals surface area contributed by atoms with Gasteiger partial charge in [0.05, 0.1) is 12.7 Å². The van der Waals surface area contributed by atoms with E-state index in [0.29, 0.717) is 5.56 Å². The summed E-state index contributed by atoms with van der Waals surface area (Å²) in [4.78, 5) is 0. The van der Waals surface area contributed by atoms with Crippen LogP contribution in [-0.4, -0.2) is 26.4 Å². The summed E-state index contributed by atoms with van der Waals surface area (Å²) in [5, 5.41) is 11.9. The lowest BCUT2D eigenvalue weighted by Crippen LogP contribution is -2.43. The van der Waals surface area contributed by atoms with Crippen molar-refractivity contribution in [2.24, 2.45) is 0 Å². The Kier molecular flexibility index (Phi) is 4.70. The predicted octanol–water partition coefficient (Wildman–Crippen LogP) is 2.20. The third-order valence-electron chi connectivity index (χ3n) is 2.47. The van der Waals surface area contributed by atoms with Crippen molar-refractivity contribution < 1.29 is 17.9 Å². The molecule has 0 saturated heterocycles. The summed E-state index contributed by atoms with van der Waals surface area (Å²) in [6.07, 6.45) is -4.40. The van der Waals surface area contributed by atoms with Crippen molar-refractivity contribution >= 4 is 0 Å². The first-order valence-electron chi connectivity index (χ1n) is 5.24. The molecule has 0 radical (unpaired) electrons. The molecule has 3 nitrogen and oxygen atoms in total. The summed E-state index contributed by atoms with van der Waals surface area (Å²) in [7, 11) is 1.51. The quantitative estimate of drug-likeness (QED) is 0.880. The summed E-state index contributed by atoms with van der Waals surface area (Å²) in [5.41, 5.74) is -0.704. The molecule has 1 unspecified atom stereocenters. The summed E-state index contributed by atoms with van der Waals surface area (Å²) < 4.78 is 40.6. The molecule has 1 N–H and O–H groups in total. The maximum atomic E-state index is 12.0. The van der Waals surface area contributed by atoms with Gasteiger partial charge in [-0.15, -0.1) is 0 Å². The van der Waals surface area contributed by atoms with Crippen LogP contribution in [0.1, 0.15) is 5.56 Å². The molecule has 0 saturated carbocycles. The van der Waals surface area contributed by atoms with Gasteiger partial charge in [0.1, 0.15) is 6.61 Å². The van der Waals surface area contributed by atoms with E-state index in [1.807, 2.05) is 6.07 Å². The number of nitrogens with one attached hydrogen (secondary N) is 1. The van der Waals surface area contributed by atoms with Gasteiger partial charge in [-0.1, -0.05) is 30.3 Å². The molecule has 1 aromatic carbocycles. The molecule has 0 aliphatic carbocycles. The first-order chi connectivity index (χ1) is 8.43. The van der Waals surface area contributed by atoms with Crippen LogP contribution >= 0.6 is 0 Å². The monoisotopic (exact) mass is 258 g/mol. The van der Waals surface area contributed by atoms with Crippen LogP contribution in [0.5, 0.6) is 0 Å². The van der Waals surface area contributed by atoms with Gasteiger partial charge in [0.15, 0.2) is 5.54 Å². The molecule has 0 bridgehead atoms. The number of ether oxygens (including phenoxy) is 1. The van der Waals surface area contributed by atoms with E-state index in [2.05, 4.69) is 10.1 Å². The van der Waals surface area contributed by atoms with E-state index >= 15 is 0 Å². The zero-order valence-electron chi connectivity index (χ0n) is 9.79. The number of halogens is 3. The van der Waals surface area contributed by atoms with Crippen molar-refractivity contribution in [2.75, 3.05) is 20.3 Å². The Morgan fingerprint density at radius 3 is 2.28 bits per heavy atom. The number of hydrogen-bond acceptors (Lipinski definition) is 3. The number of alkyl halides is 3. The number of rotatable bonds is 5. The molecule has 6 heteroatoms. The van der Waals surface area contributed by atoms with E-state index in [-0.39, 0.29) is 6.61 Å². The van der Waals surface area contributed by atoms with Crippen molar-refractivity contribution in [3.8, 4) is 6.07 Å². The number of likely N-dealkylation sites (N-methyl/N-ethyl adjacent to an activating group) is 1. The molecular weight excluding hydrogens is 245 g/mol. The number of nitriles is 1. The Morgan fingerprint density at radius 2 is 1.83 bits per heavy atom. The molecule has 0 amide bonds. The molecule has 98 valence electrons. The first-order valence-corrected chi connectivity index (χ1v) is 5.24. The Bertz CT molecular complexity index is 414. The molecule has 1 rings (SSSR count). The third kappa shape index (κ3) is 3.72. The molecule has 0 aliphatic heterocycles. The van der Waals surface area contributed by atoms with E-state index in [1.165, 1.54) is 7.05 Å². The fourth-order valence-electron chi connectivity index (χ4n) is 1.50. The highest BCUT2D eigenvalue weighted by molar-refractivity contribution is 5.31. The standard InChI is InChI=1S/C12H13F3N2O/c1-17-11(7-16,8-18-9-12(13,14)15)10-5-3-2-4-6-10/h2-6,17H,8-9H2,1H3. The van der Waals surface area contributed by atoms with E-state index in [9.17, 15) is 18.4 Å². The zero-order chi connectivity index (χ0) is 13.6. The van der Waals surface area contributed by atoms with Gasteiger partial charge in [-0.05, 0) is 12.6 Å². The van der Waals surface area contributed by atoms with E-state index < -0.39 is 18.3 Å². The van der Waals surface area contributed by atoms with Crippen molar-refractivity contribution in [2.45, 2.75) is 11.7 Å². The number of nitrogens with zero attached hydrogens (tertiary/aromatic N) is 1. The minimum atomic E-state index is -4.40. The maximum absolute atomic E-state index is 12.0. The maximum Gasteiger partial charge on any atom is 0.411 e. The zero-order valence-corrected chi connectivity index (χ0v) is 9.79. The largest absolute Gasteiger partial charge is 0.411 e. The second-order valence-electron chi connectivity index (χ2n) is 3.74. The molecule has 0 heterocycles. The van der Waals surface area contributed by atoms with Crippen LogP contribution in [0.2, 0.25) is 0 Å². The lowest BCUT2D eigenvalue weighted by atomic mass is 9.92. The second-order valence-corrected chi connectivity index (χ2v) is 3.74. The molecule has 0 aromatic heterocycles. The van der Waals surface area contributed by atoms with Crippen LogP contribution in [0.3, 0.4) is 0 Å². The summed E-state index contributed by atoms with van der Waals surface area (Å²) in [6.45, 7) is -1.74. The van der Waals surface area contributed by atoms with Gasteiger partial charge in [-0.25, -0.2) is 0 Å². The molecule has 1 aromatic rings. The molecule has 0 aliphatic rings. The van der Waals surface area contributed by atoms with E-state index in [4.69, 9.17) is 0 Å². The molecule has 1 atom stereocenters. The average molecular weight is 258 g/mol. The highest BCUT2D eigenvalue weighted by Crippen LogP contribution is 2.22. The van der Waals surface area contributed by atoms with Crippen LogP contribution in [0.25, 0.3) is 0 Å². The van der Waals surface area contributed by atoms with Crippen molar-refractivity contribution in [3.05, 3.63) is 35.9 Å². The van der Waals surface area contributed by atoms with Gasteiger partial charge in [-0.3, -0.25) is 5.32 Å². The molecule has 0 spiro atoms. The molecule has 0 fully saturated rings. The highest BCUT2D eigenvalue weighted by Gasteiger charge is 2.34. The Labute approximate surface area is 103 Å². The van der Waals surface area contributed by atoms with Crippen LogP contribution in [0, 0.1) is 11.3 Å². The van der Waals surface area contributed by atoms with Crippen LogP contribution in [-0.2, 0) is 10.3 Å². The first kappa shape index (κ1) is 14.5. The van der Waals surface area contributed by atoms with E-state index in [0.717, 1.165) is 0 Å². The van der Waals surface area contributed by atoms with Crippen LogP contribution in [0.4, 0.5) is 13.2 Å².